The summed E-state index contributed by atoms with van der Waals surface area (Å²) in [5.74, 6) is 0.242. The summed E-state index contributed by atoms with van der Waals surface area (Å²) >= 11 is 5.89. The molecule has 0 heterocycles. The average Bonchev–Trinajstić information content (AvgIpc) is 2.78. The number of carbonyl (C=O) groups excluding carboxylic acids is 1. The second kappa shape index (κ2) is 10.3. The minimum absolute atomic E-state index is 0.0512. The van der Waals surface area contributed by atoms with E-state index >= 15 is 0 Å². The summed E-state index contributed by atoms with van der Waals surface area (Å²) < 4.78 is 33.2. The van der Waals surface area contributed by atoms with Crippen LogP contribution >= 0.6 is 11.6 Å². The largest absolute Gasteiger partial charge is 0.494 e. The van der Waals surface area contributed by atoms with E-state index in [4.69, 9.17) is 16.3 Å². The van der Waals surface area contributed by atoms with Crippen LogP contribution in [-0.4, -0.2) is 27.5 Å². The van der Waals surface area contributed by atoms with Gasteiger partial charge in [-0.1, -0.05) is 48.0 Å². The third kappa shape index (κ3) is 5.77. The number of rotatable bonds is 9. The summed E-state index contributed by atoms with van der Waals surface area (Å²) in [4.78, 5) is 12.8. The van der Waals surface area contributed by atoms with Crippen molar-refractivity contribution in [2.75, 3.05) is 17.5 Å². The Morgan fingerprint density at radius 3 is 2.29 bits per heavy atom. The maximum atomic E-state index is 13.3. The van der Waals surface area contributed by atoms with E-state index < -0.39 is 15.9 Å². The van der Waals surface area contributed by atoms with Crippen LogP contribution in [0.25, 0.3) is 0 Å². The van der Waals surface area contributed by atoms with Gasteiger partial charge >= 0.3 is 0 Å². The number of para-hydroxylation sites is 2. The summed E-state index contributed by atoms with van der Waals surface area (Å²) in [5.41, 5.74) is 1.20. The molecule has 1 amide bonds. The third-order valence-corrected chi connectivity index (χ3v) is 6.52. The molecule has 6 nitrogen and oxygen atoms in total. The smallest absolute Gasteiger partial charge is 0.264 e. The average molecular weight is 459 g/mol. The molecule has 0 fully saturated rings. The topological polar surface area (TPSA) is 75.7 Å². The number of benzene rings is 3. The second-order valence-electron chi connectivity index (χ2n) is 6.62. The molecular formula is C23H23ClN2O4S. The van der Waals surface area contributed by atoms with Gasteiger partial charge in [0.1, 0.15) is 12.3 Å². The number of nitrogens with one attached hydrogen (secondary N) is 1. The van der Waals surface area contributed by atoms with Gasteiger partial charge in [-0.3, -0.25) is 9.10 Å². The summed E-state index contributed by atoms with van der Waals surface area (Å²) in [6, 6.07) is 21.7. The van der Waals surface area contributed by atoms with Gasteiger partial charge in [0, 0.05) is 17.1 Å². The summed E-state index contributed by atoms with van der Waals surface area (Å²) in [6.07, 6.45) is 0. The Balaban J connectivity index is 1.81. The molecule has 8 heteroatoms. The summed E-state index contributed by atoms with van der Waals surface area (Å²) in [5, 5.41) is 3.21. The Hall–Kier alpha value is -3.03. The van der Waals surface area contributed by atoms with Gasteiger partial charge in [0.25, 0.3) is 10.0 Å². The zero-order valence-corrected chi connectivity index (χ0v) is 18.6. The predicted molar refractivity (Wildman–Crippen MR) is 122 cm³/mol. The number of amides is 1. The Kier molecular flexibility index (Phi) is 7.55. The highest BCUT2D eigenvalue weighted by molar-refractivity contribution is 7.92. The van der Waals surface area contributed by atoms with Crippen LogP contribution in [0.3, 0.4) is 0 Å². The predicted octanol–water partition coefficient (Wildman–Crippen LogP) is 4.25. The summed E-state index contributed by atoms with van der Waals surface area (Å²) in [7, 11) is -3.98. The first kappa shape index (κ1) is 22.7. The Morgan fingerprint density at radius 2 is 1.61 bits per heavy atom. The molecule has 3 aromatic rings. The molecule has 0 radical (unpaired) electrons. The van der Waals surface area contributed by atoms with Gasteiger partial charge in [0.2, 0.25) is 5.91 Å². The number of nitrogens with zero attached hydrogens (tertiary/aromatic N) is 1. The lowest BCUT2D eigenvalue weighted by Gasteiger charge is -2.24. The van der Waals surface area contributed by atoms with E-state index in [1.54, 1.807) is 30.3 Å². The highest BCUT2D eigenvalue weighted by Crippen LogP contribution is 2.24. The molecule has 0 spiro atoms. The van der Waals surface area contributed by atoms with Crippen molar-refractivity contribution < 1.29 is 17.9 Å². The molecule has 1 N–H and O–H groups in total. The van der Waals surface area contributed by atoms with Crippen LogP contribution in [0.2, 0.25) is 5.02 Å². The molecule has 0 saturated carbocycles. The van der Waals surface area contributed by atoms with Crippen molar-refractivity contribution in [2.45, 2.75) is 18.4 Å². The Bertz CT molecular complexity index is 1120. The number of halogens is 1. The number of carbonyl (C=O) groups is 1. The molecule has 31 heavy (non-hydrogen) atoms. The highest BCUT2D eigenvalue weighted by Gasteiger charge is 2.27. The maximum Gasteiger partial charge on any atom is 0.264 e. The van der Waals surface area contributed by atoms with Crippen molar-refractivity contribution in [1.29, 1.82) is 0 Å². The van der Waals surface area contributed by atoms with E-state index in [1.165, 1.54) is 24.3 Å². The lowest BCUT2D eigenvalue weighted by molar-refractivity contribution is -0.119. The van der Waals surface area contributed by atoms with Crippen LogP contribution in [-0.2, 0) is 21.4 Å². The molecular weight excluding hydrogens is 436 g/mol. The van der Waals surface area contributed by atoms with Gasteiger partial charge in [0.15, 0.2) is 0 Å². The quantitative estimate of drug-likeness (QED) is 0.520. The molecule has 0 atom stereocenters. The Morgan fingerprint density at radius 1 is 0.968 bits per heavy atom. The number of sulfonamides is 1. The van der Waals surface area contributed by atoms with Gasteiger partial charge in [-0.2, -0.15) is 0 Å². The van der Waals surface area contributed by atoms with E-state index in [9.17, 15) is 13.2 Å². The van der Waals surface area contributed by atoms with Gasteiger partial charge in [-0.15, -0.1) is 0 Å². The van der Waals surface area contributed by atoms with E-state index in [-0.39, 0.29) is 18.0 Å². The minimum atomic E-state index is -3.98. The number of hydrogen-bond donors (Lipinski definition) is 1. The zero-order chi connectivity index (χ0) is 22.3. The number of hydrogen-bond acceptors (Lipinski definition) is 4. The van der Waals surface area contributed by atoms with Crippen molar-refractivity contribution in [3.8, 4) is 5.75 Å². The van der Waals surface area contributed by atoms with Crippen molar-refractivity contribution in [3.05, 3.63) is 89.4 Å². The first-order chi connectivity index (χ1) is 14.9. The molecule has 0 aliphatic heterocycles. The van der Waals surface area contributed by atoms with Crippen LogP contribution in [0.15, 0.2) is 83.8 Å². The van der Waals surface area contributed by atoms with Crippen LogP contribution in [0.4, 0.5) is 5.69 Å². The van der Waals surface area contributed by atoms with E-state index in [0.29, 0.717) is 23.1 Å². The van der Waals surface area contributed by atoms with E-state index in [1.807, 2.05) is 31.2 Å². The normalized spacial score (nSPS) is 11.0. The SMILES string of the molecule is CCOc1ccccc1CNC(=O)CN(c1ccccc1)S(=O)(=O)c1ccc(Cl)cc1. The standard InChI is InChI=1S/C23H23ClN2O4S/c1-2-30-22-11-7-6-8-18(22)16-25-23(27)17-26(20-9-4-3-5-10-20)31(28,29)21-14-12-19(24)13-15-21/h3-15H,2,16-17H2,1H3,(H,25,27). The van der Waals surface area contributed by atoms with Gasteiger partial charge < -0.3 is 10.1 Å². The molecule has 0 aliphatic carbocycles. The highest BCUT2D eigenvalue weighted by atomic mass is 35.5. The molecule has 0 bridgehead atoms. The van der Waals surface area contributed by atoms with Crippen LogP contribution in [0, 0.1) is 0 Å². The van der Waals surface area contributed by atoms with Crippen LogP contribution in [0.1, 0.15) is 12.5 Å². The van der Waals surface area contributed by atoms with E-state index in [2.05, 4.69) is 5.32 Å². The Labute approximate surface area is 187 Å². The fourth-order valence-electron chi connectivity index (χ4n) is 2.97. The van der Waals surface area contributed by atoms with Crippen LogP contribution < -0.4 is 14.4 Å². The maximum absolute atomic E-state index is 13.3. The van der Waals surface area contributed by atoms with Gasteiger partial charge in [0.05, 0.1) is 17.2 Å². The first-order valence-corrected chi connectivity index (χ1v) is 11.5. The molecule has 3 rings (SSSR count). The third-order valence-electron chi connectivity index (χ3n) is 4.48. The lowest BCUT2D eigenvalue weighted by Crippen LogP contribution is -2.40. The lowest BCUT2D eigenvalue weighted by atomic mass is 10.2. The van der Waals surface area contributed by atoms with Crippen molar-refractivity contribution in [3.63, 3.8) is 0 Å². The van der Waals surface area contributed by atoms with Crippen molar-refractivity contribution >= 4 is 33.2 Å². The van der Waals surface area contributed by atoms with Crippen LogP contribution in [0.5, 0.6) is 5.75 Å². The number of ether oxygens (including phenoxy) is 1. The van der Waals surface area contributed by atoms with Gasteiger partial charge in [-0.05, 0) is 49.4 Å². The number of anilines is 1. The zero-order valence-electron chi connectivity index (χ0n) is 17.0. The molecule has 0 aliphatic rings. The molecule has 0 aromatic heterocycles. The second-order valence-corrected chi connectivity index (χ2v) is 8.92. The van der Waals surface area contributed by atoms with Crippen molar-refractivity contribution in [1.82, 2.24) is 5.32 Å². The fraction of sp³-hybridized carbons (Fsp3) is 0.174. The van der Waals surface area contributed by atoms with Crippen molar-refractivity contribution in [2.24, 2.45) is 0 Å². The molecule has 162 valence electrons. The minimum Gasteiger partial charge on any atom is -0.494 e. The fourth-order valence-corrected chi connectivity index (χ4v) is 4.52. The monoisotopic (exact) mass is 458 g/mol. The molecule has 0 saturated heterocycles. The first-order valence-electron chi connectivity index (χ1n) is 9.72. The molecule has 0 unspecified atom stereocenters. The van der Waals surface area contributed by atoms with Gasteiger partial charge in [-0.25, -0.2) is 8.42 Å². The van der Waals surface area contributed by atoms with E-state index in [0.717, 1.165) is 9.87 Å². The summed E-state index contributed by atoms with van der Waals surface area (Å²) in [6.45, 7) is 2.24. The molecule has 3 aromatic carbocycles.